The molecule has 0 bridgehead atoms. The minimum atomic E-state index is -1.75. The Morgan fingerprint density at radius 1 is 1.06 bits per heavy atom. The van der Waals surface area contributed by atoms with E-state index in [0.717, 1.165) is 0 Å². The molecule has 1 aromatic heterocycles. The minimum Gasteiger partial charge on any atom is -0.503 e. The molecule has 5 rings (SSSR count). The van der Waals surface area contributed by atoms with Gasteiger partial charge in [0.05, 0.1) is 11.3 Å². The molecule has 8 nitrogen and oxygen atoms in total. The molecule has 8 heteroatoms. The van der Waals surface area contributed by atoms with Crippen LogP contribution < -0.4 is 4.90 Å². The number of hydrogen-bond donors (Lipinski definition) is 1. The van der Waals surface area contributed by atoms with Crippen LogP contribution >= 0.6 is 0 Å². The van der Waals surface area contributed by atoms with E-state index in [-0.39, 0.29) is 17.9 Å². The van der Waals surface area contributed by atoms with Gasteiger partial charge in [-0.3, -0.25) is 14.4 Å². The number of carbonyl (C=O) groups excluding carboxylic acids is 3. The van der Waals surface area contributed by atoms with Crippen molar-refractivity contribution in [3.05, 3.63) is 77.3 Å². The van der Waals surface area contributed by atoms with Crippen molar-refractivity contribution in [3.8, 4) is 0 Å². The van der Waals surface area contributed by atoms with E-state index in [4.69, 9.17) is 4.42 Å². The molecular weight excluding hydrogens is 458 g/mol. The summed E-state index contributed by atoms with van der Waals surface area (Å²) in [5.74, 6) is -2.54. The summed E-state index contributed by atoms with van der Waals surface area (Å²) in [5, 5.41) is 11.9. The molecule has 186 valence electrons. The largest absolute Gasteiger partial charge is 0.503 e. The average Bonchev–Trinajstić information content (AvgIpc) is 3.47. The summed E-state index contributed by atoms with van der Waals surface area (Å²) in [6.07, 6.45) is 1.25. The Morgan fingerprint density at radius 3 is 2.50 bits per heavy atom. The Labute approximate surface area is 209 Å². The van der Waals surface area contributed by atoms with Crippen molar-refractivity contribution in [2.45, 2.75) is 25.3 Å². The van der Waals surface area contributed by atoms with Gasteiger partial charge in [-0.1, -0.05) is 43.3 Å². The van der Waals surface area contributed by atoms with E-state index in [0.29, 0.717) is 48.2 Å². The van der Waals surface area contributed by atoms with E-state index in [1.165, 1.54) is 4.90 Å². The van der Waals surface area contributed by atoms with Crippen LogP contribution in [0.3, 0.4) is 0 Å². The fourth-order valence-corrected chi connectivity index (χ4v) is 5.38. The number of rotatable bonds is 8. The topological polar surface area (TPSA) is 94.3 Å². The second kappa shape index (κ2) is 8.95. The Morgan fingerprint density at radius 2 is 1.78 bits per heavy atom. The lowest BCUT2D eigenvalue weighted by molar-refractivity contribution is -0.139. The van der Waals surface area contributed by atoms with E-state index in [9.17, 15) is 19.5 Å². The Bertz CT molecular complexity index is 1370. The summed E-state index contributed by atoms with van der Waals surface area (Å²) in [4.78, 5) is 46.8. The third kappa shape index (κ3) is 3.36. The quantitative estimate of drug-likeness (QED) is 0.485. The molecule has 3 aromatic rings. The number of para-hydroxylation sites is 2. The molecule has 2 aliphatic rings. The van der Waals surface area contributed by atoms with E-state index < -0.39 is 28.9 Å². The third-order valence-electron chi connectivity index (χ3n) is 6.90. The molecule has 2 aliphatic heterocycles. The monoisotopic (exact) mass is 487 g/mol. The molecule has 0 saturated carbocycles. The molecule has 36 heavy (non-hydrogen) atoms. The number of ketones is 1. The molecule has 0 radical (unpaired) electrons. The lowest BCUT2D eigenvalue weighted by atomic mass is 9.81. The van der Waals surface area contributed by atoms with Gasteiger partial charge in [0.1, 0.15) is 5.58 Å². The molecule has 0 aliphatic carbocycles. The lowest BCUT2D eigenvalue weighted by Crippen LogP contribution is -2.54. The maximum Gasteiger partial charge on any atom is 0.290 e. The maximum absolute atomic E-state index is 14.3. The third-order valence-corrected chi connectivity index (χ3v) is 6.90. The van der Waals surface area contributed by atoms with E-state index in [1.54, 1.807) is 35.2 Å². The van der Waals surface area contributed by atoms with Gasteiger partial charge in [-0.25, -0.2) is 0 Å². The molecular formula is C28H29N3O5. The van der Waals surface area contributed by atoms with Crippen LogP contribution in [0.2, 0.25) is 0 Å². The first-order chi connectivity index (χ1) is 17.3. The van der Waals surface area contributed by atoms with E-state index in [2.05, 4.69) is 0 Å². The minimum absolute atomic E-state index is 0.0284. The molecule has 0 saturated heterocycles. The smallest absolute Gasteiger partial charge is 0.290 e. The van der Waals surface area contributed by atoms with Crippen molar-refractivity contribution in [1.82, 2.24) is 9.80 Å². The van der Waals surface area contributed by atoms with Gasteiger partial charge in [0.25, 0.3) is 11.8 Å². The average molecular weight is 488 g/mol. The van der Waals surface area contributed by atoms with Crippen LogP contribution in [0.15, 0.2) is 70.3 Å². The number of hydrogen-bond acceptors (Lipinski definition) is 6. The van der Waals surface area contributed by atoms with Crippen LogP contribution in [-0.2, 0) is 15.1 Å². The van der Waals surface area contributed by atoms with Crippen molar-refractivity contribution < 1.29 is 23.9 Å². The van der Waals surface area contributed by atoms with Crippen molar-refractivity contribution in [2.24, 2.45) is 0 Å². The highest BCUT2D eigenvalue weighted by Gasteiger charge is 2.65. The highest BCUT2D eigenvalue weighted by molar-refractivity contribution is 6.26. The summed E-state index contributed by atoms with van der Waals surface area (Å²) in [5.41, 5.74) is -0.333. The second-order valence-electron chi connectivity index (χ2n) is 9.50. The Kier molecular flexibility index (Phi) is 5.92. The van der Waals surface area contributed by atoms with Gasteiger partial charge in [-0.05, 0) is 51.7 Å². The maximum atomic E-state index is 14.3. The molecule has 1 spiro atoms. The van der Waals surface area contributed by atoms with Crippen molar-refractivity contribution in [3.63, 3.8) is 0 Å². The van der Waals surface area contributed by atoms with Crippen LogP contribution in [0.1, 0.15) is 35.9 Å². The van der Waals surface area contributed by atoms with Crippen molar-refractivity contribution in [2.75, 3.05) is 38.6 Å². The number of benzene rings is 2. The molecule has 1 unspecified atom stereocenters. The summed E-state index contributed by atoms with van der Waals surface area (Å²) in [6, 6.07) is 15.9. The van der Waals surface area contributed by atoms with E-state index in [1.807, 2.05) is 50.2 Å². The van der Waals surface area contributed by atoms with Crippen LogP contribution in [0, 0.1) is 0 Å². The normalized spacial score (nSPS) is 19.4. The number of nitrogens with zero attached hydrogens (tertiary/aromatic N) is 3. The number of amides is 2. The fraction of sp³-hybridized carbons (Fsp3) is 0.321. The Balaban J connectivity index is 1.71. The second-order valence-corrected chi connectivity index (χ2v) is 9.50. The standard InChI is InChI=1S/C28H29N3O5/c1-4-14-30-20-12-7-6-11-19(20)28(27(30)35)23(25(33)26(34)31(28)16-9-15-29(2)3)24(32)22-17-18-10-5-8-13-21(18)36-22/h5-8,10-13,17,33H,4,9,14-16H2,1-3H3. The zero-order valence-electron chi connectivity index (χ0n) is 20.7. The molecule has 1 atom stereocenters. The molecule has 1 N–H and O–H groups in total. The highest BCUT2D eigenvalue weighted by Crippen LogP contribution is 2.53. The number of furan rings is 1. The summed E-state index contributed by atoms with van der Waals surface area (Å²) in [7, 11) is 3.85. The number of fused-ring (bicyclic) bond motifs is 3. The van der Waals surface area contributed by atoms with Gasteiger partial charge in [0.2, 0.25) is 5.78 Å². The van der Waals surface area contributed by atoms with Gasteiger partial charge < -0.3 is 24.2 Å². The van der Waals surface area contributed by atoms with Crippen LogP contribution in [-0.4, -0.2) is 66.2 Å². The molecule has 2 amide bonds. The number of Topliss-reactive ketones (excluding diaryl/α,β-unsaturated/α-hetero) is 1. The number of anilines is 1. The number of carbonyl (C=O) groups is 3. The number of aliphatic hydroxyl groups is 1. The Hall–Kier alpha value is -3.91. The predicted octanol–water partition coefficient (Wildman–Crippen LogP) is 3.87. The molecule has 2 aromatic carbocycles. The van der Waals surface area contributed by atoms with Gasteiger partial charge in [0.15, 0.2) is 17.1 Å². The summed E-state index contributed by atoms with van der Waals surface area (Å²) < 4.78 is 5.82. The van der Waals surface area contributed by atoms with Gasteiger partial charge in [-0.2, -0.15) is 0 Å². The predicted molar refractivity (Wildman–Crippen MR) is 136 cm³/mol. The molecule has 0 fully saturated rings. The first-order valence-corrected chi connectivity index (χ1v) is 12.2. The summed E-state index contributed by atoms with van der Waals surface area (Å²) >= 11 is 0. The van der Waals surface area contributed by atoms with Gasteiger partial charge >= 0.3 is 0 Å². The SMILES string of the molecule is CCCN1C(=O)C2(C(C(=O)c3cc4ccccc4o3)=C(O)C(=O)N2CCCN(C)C)c2ccccc21. The van der Waals surface area contributed by atoms with Gasteiger partial charge in [-0.15, -0.1) is 0 Å². The van der Waals surface area contributed by atoms with Crippen LogP contribution in [0.25, 0.3) is 11.0 Å². The first-order valence-electron chi connectivity index (χ1n) is 12.2. The first kappa shape index (κ1) is 23.8. The van der Waals surface area contributed by atoms with Crippen LogP contribution in [0.4, 0.5) is 5.69 Å². The summed E-state index contributed by atoms with van der Waals surface area (Å²) in [6.45, 7) is 3.24. The lowest BCUT2D eigenvalue weighted by Gasteiger charge is -2.36. The number of aliphatic hydroxyl groups excluding tert-OH is 1. The van der Waals surface area contributed by atoms with Gasteiger partial charge in [0, 0.05) is 24.0 Å². The zero-order chi connectivity index (χ0) is 25.6. The van der Waals surface area contributed by atoms with Crippen molar-refractivity contribution >= 4 is 34.3 Å². The molecule has 3 heterocycles. The van der Waals surface area contributed by atoms with Crippen molar-refractivity contribution in [1.29, 1.82) is 0 Å². The van der Waals surface area contributed by atoms with Crippen LogP contribution in [0.5, 0.6) is 0 Å². The zero-order valence-corrected chi connectivity index (χ0v) is 20.7. The highest BCUT2D eigenvalue weighted by atomic mass is 16.3. The fourth-order valence-electron chi connectivity index (χ4n) is 5.38. The van der Waals surface area contributed by atoms with E-state index >= 15 is 0 Å².